The summed E-state index contributed by atoms with van der Waals surface area (Å²) in [4.78, 5) is 24.9. The molecule has 1 aromatic carbocycles. The monoisotopic (exact) mass is 407 g/mol. The minimum Gasteiger partial charge on any atom is -0.444 e. The lowest BCUT2D eigenvalue weighted by Gasteiger charge is -2.36. The predicted molar refractivity (Wildman–Crippen MR) is 113 cm³/mol. The van der Waals surface area contributed by atoms with Gasteiger partial charge in [0.05, 0.1) is 0 Å². The number of nitrogens with zero attached hydrogens (tertiary/aromatic N) is 5. The molecule has 8 nitrogen and oxygen atoms in total. The largest absolute Gasteiger partial charge is 0.444 e. The predicted octanol–water partition coefficient (Wildman–Crippen LogP) is 3.86. The number of hydrogen-bond donors (Lipinski definition) is 0. The Balaban J connectivity index is 1.44. The van der Waals surface area contributed by atoms with Crippen LogP contribution in [0, 0.1) is 0 Å². The van der Waals surface area contributed by atoms with Gasteiger partial charge in [0, 0.05) is 55.4 Å². The van der Waals surface area contributed by atoms with E-state index in [0.29, 0.717) is 24.8 Å². The zero-order valence-electron chi connectivity index (χ0n) is 17.4. The van der Waals surface area contributed by atoms with Gasteiger partial charge >= 0.3 is 6.09 Å². The number of anilines is 1. The summed E-state index contributed by atoms with van der Waals surface area (Å²) in [6.45, 7) is 8.33. The summed E-state index contributed by atoms with van der Waals surface area (Å²) in [5.41, 5.74) is 2.23. The summed E-state index contributed by atoms with van der Waals surface area (Å²) < 4.78 is 10.9. The van der Waals surface area contributed by atoms with Crippen molar-refractivity contribution in [2.75, 3.05) is 31.1 Å². The summed E-state index contributed by atoms with van der Waals surface area (Å²) in [5, 5.41) is 4.07. The molecule has 1 fully saturated rings. The second-order valence-electron chi connectivity index (χ2n) is 8.17. The fraction of sp³-hybridized carbons (Fsp3) is 0.364. The standard InChI is InChI=1S/C22H25N5O3/c1-22(2,3)29-21(28)27-12-10-26(11-13-27)18-8-4-6-16(14-18)20-24-19(25-30-20)17-7-5-9-23-15-17/h4-9,14-15H,10-13H2,1-3H3. The Kier molecular flexibility index (Phi) is 5.39. The van der Waals surface area contributed by atoms with E-state index in [-0.39, 0.29) is 6.09 Å². The highest BCUT2D eigenvalue weighted by Crippen LogP contribution is 2.26. The number of amides is 1. The highest BCUT2D eigenvalue weighted by atomic mass is 16.6. The first-order valence-electron chi connectivity index (χ1n) is 9.96. The number of benzene rings is 1. The first-order valence-corrected chi connectivity index (χ1v) is 9.96. The van der Waals surface area contributed by atoms with Crippen molar-refractivity contribution >= 4 is 11.8 Å². The minimum absolute atomic E-state index is 0.260. The van der Waals surface area contributed by atoms with Gasteiger partial charge in [0.1, 0.15) is 5.60 Å². The van der Waals surface area contributed by atoms with Gasteiger partial charge in [-0.2, -0.15) is 4.98 Å². The fourth-order valence-electron chi connectivity index (χ4n) is 3.26. The SMILES string of the molecule is CC(C)(C)OC(=O)N1CCN(c2cccc(-c3nc(-c4cccnc4)no3)c2)CC1. The average Bonchev–Trinajstić information content (AvgIpc) is 3.24. The Morgan fingerprint density at radius 1 is 1.07 bits per heavy atom. The lowest BCUT2D eigenvalue weighted by Crippen LogP contribution is -2.50. The normalized spacial score (nSPS) is 14.6. The lowest BCUT2D eigenvalue weighted by molar-refractivity contribution is 0.0240. The van der Waals surface area contributed by atoms with Crippen LogP contribution < -0.4 is 4.90 Å². The Labute approximate surface area is 175 Å². The first kappa shape index (κ1) is 19.9. The average molecular weight is 407 g/mol. The Morgan fingerprint density at radius 3 is 2.53 bits per heavy atom. The molecule has 0 bridgehead atoms. The number of carbonyl (C=O) groups is 1. The third-order valence-electron chi connectivity index (χ3n) is 4.74. The first-order chi connectivity index (χ1) is 14.4. The van der Waals surface area contributed by atoms with Gasteiger partial charge in [0.15, 0.2) is 0 Å². The molecular formula is C22H25N5O3. The van der Waals surface area contributed by atoms with E-state index in [1.54, 1.807) is 17.3 Å². The lowest BCUT2D eigenvalue weighted by atomic mass is 10.1. The summed E-state index contributed by atoms with van der Waals surface area (Å²) in [5.74, 6) is 0.970. The van der Waals surface area contributed by atoms with E-state index >= 15 is 0 Å². The van der Waals surface area contributed by atoms with E-state index in [0.717, 1.165) is 29.9 Å². The van der Waals surface area contributed by atoms with Crippen LogP contribution in [-0.2, 0) is 4.74 Å². The van der Waals surface area contributed by atoms with Crippen LogP contribution in [0.4, 0.5) is 10.5 Å². The number of rotatable bonds is 3. The summed E-state index contributed by atoms with van der Waals surface area (Å²) in [6.07, 6.45) is 3.15. The molecule has 1 saturated heterocycles. The van der Waals surface area contributed by atoms with Crippen LogP contribution in [-0.4, -0.2) is 57.9 Å². The van der Waals surface area contributed by atoms with E-state index < -0.39 is 5.60 Å². The van der Waals surface area contributed by atoms with Crippen LogP contribution in [0.1, 0.15) is 20.8 Å². The van der Waals surface area contributed by atoms with Gasteiger partial charge in [0.25, 0.3) is 5.89 Å². The molecule has 0 aliphatic carbocycles. The number of ether oxygens (including phenoxy) is 1. The Morgan fingerprint density at radius 2 is 1.83 bits per heavy atom. The zero-order valence-corrected chi connectivity index (χ0v) is 17.4. The van der Waals surface area contributed by atoms with Crippen molar-refractivity contribution in [3.05, 3.63) is 48.8 Å². The number of aromatic nitrogens is 3. The van der Waals surface area contributed by atoms with Gasteiger partial charge in [0.2, 0.25) is 5.82 Å². The fourth-order valence-corrected chi connectivity index (χ4v) is 3.26. The maximum atomic E-state index is 12.3. The van der Waals surface area contributed by atoms with Gasteiger partial charge in [-0.1, -0.05) is 11.2 Å². The van der Waals surface area contributed by atoms with Crippen molar-refractivity contribution in [1.29, 1.82) is 0 Å². The van der Waals surface area contributed by atoms with Crippen molar-refractivity contribution in [3.63, 3.8) is 0 Å². The second kappa shape index (κ2) is 8.14. The number of pyridine rings is 1. The Bertz CT molecular complexity index is 1000. The molecule has 3 heterocycles. The smallest absolute Gasteiger partial charge is 0.410 e. The second-order valence-corrected chi connectivity index (χ2v) is 8.17. The molecule has 1 aliphatic heterocycles. The molecule has 2 aromatic heterocycles. The topological polar surface area (TPSA) is 84.6 Å². The van der Waals surface area contributed by atoms with E-state index in [9.17, 15) is 4.79 Å². The summed E-state index contributed by atoms with van der Waals surface area (Å²) in [6, 6.07) is 11.7. The quantitative estimate of drug-likeness (QED) is 0.652. The van der Waals surface area contributed by atoms with E-state index in [1.807, 2.05) is 57.2 Å². The van der Waals surface area contributed by atoms with Crippen LogP contribution in [0.3, 0.4) is 0 Å². The summed E-state index contributed by atoms with van der Waals surface area (Å²) >= 11 is 0. The molecule has 0 spiro atoms. The van der Waals surface area contributed by atoms with Gasteiger partial charge in [-0.15, -0.1) is 0 Å². The van der Waals surface area contributed by atoms with E-state index in [2.05, 4.69) is 20.0 Å². The third-order valence-corrected chi connectivity index (χ3v) is 4.74. The summed E-state index contributed by atoms with van der Waals surface area (Å²) in [7, 11) is 0. The molecule has 0 unspecified atom stereocenters. The molecule has 30 heavy (non-hydrogen) atoms. The number of carbonyl (C=O) groups excluding carboxylic acids is 1. The van der Waals surface area contributed by atoms with Crippen molar-refractivity contribution in [3.8, 4) is 22.8 Å². The van der Waals surface area contributed by atoms with Crippen molar-refractivity contribution in [1.82, 2.24) is 20.0 Å². The molecular weight excluding hydrogens is 382 g/mol. The third kappa shape index (κ3) is 4.59. The van der Waals surface area contributed by atoms with Crippen LogP contribution in [0.5, 0.6) is 0 Å². The molecule has 1 amide bonds. The van der Waals surface area contributed by atoms with Crippen molar-refractivity contribution in [2.45, 2.75) is 26.4 Å². The van der Waals surface area contributed by atoms with Gasteiger partial charge < -0.3 is 19.1 Å². The molecule has 4 rings (SSSR count). The van der Waals surface area contributed by atoms with Crippen LogP contribution >= 0.6 is 0 Å². The Hall–Kier alpha value is -3.42. The highest BCUT2D eigenvalue weighted by Gasteiger charge is 2.26. The molecule has 0 N–H and O–H groups in total. The van der Waals surface area contributed by atoms with Crippen molar-refractivity contribution in [2.24, 2.45) is 0 Å². The minimum atomic E-state index is -0.485. The van der Waals surface area contributed by atoms with Crippen molar-refractivity contribution < 1.29 is 14.1 Å². The number of piperazine rings is 1. The highest BCUT2D eigenvalue weighted by molar-refractivity contribution is 5.69. The maximum absolute atomic E-state index is 12.3. The molecule has 1 aliphatic rings. The molecule has 3 aromatic rings. The zero-order chi connectivity index (χ0) is 21.1. The molecule has 0 atom stereocenters. The van der Waals surface area contributed by atoms with E-state index in [1.165, 1.54) is 0 Å². The van der Waals surface area contributed by atoms with E-state index in [4.69, 9.17) is 9.26 Å². The molecule has 156 valence electrons. The molecule has 0 saturated carbocycles. The van der Waals surface area contributed by atoms with Crippen LogP contribution in [0.25, 0.3) is 22.8 Å². The molecule has 0 radical (unpaired) electrons. The van der Waals surface area contributed by atoms with Crippen LogP contribution in [0.2, 0.25) is 0 Å². The van der Waals surface area contributed by atoms with Gasteiger partial charge in [-0.05, 0) is 51.1 Å². The van der Waals surface area contributed by atoms with Crippen LogP contribution in [0.15, 0.2) is 53.3 Å². The maximum Gasteiger partial charge on any atom is 0.410 e. The van der Waals surface area contributed by atoms with Gasteiger partial charge in [-0.25, -0.2) is 4.79 Å². The number of hydrogen-bond acceptors (Lipinski definition) is 7. The molecule has 8 heteroatoms. The van der Waals surface area contributed by atoms with Gasteiger partial charge in [-0.3, -0.25) is 4.98 Å².